The first-order chi connectivity index (χ1) is 13.8. The van der Waals surface area contributed by atoms with Crippen LogP contribution in [-0.4, -0.2) is 4.57 Å². The average molecular weight is 391 g/mol. The monoisotopic (exact) mass is 391 g/mol. The van der Waals surface area contributed by atoms with Crippen molar-refractivity contribution in [3.8, 4) is 11.4 Å². The van der Waals surface area contributed by atoms with Gasteiger partial charge in [0.2, 0.25) is 0 Å². The van der Waals surface area contributed by atoms with Gasteiger partial charge in [0.1, 0.15) is 12.4 Å². The second-order valence-electron chi connectivity index (χ2n) is 8.18. The minimum atomic E-state index is -0.860. The number of fused-ring (bicyclic) bond motifs is 1. The zero-order valence-electron chi connectivity index (χ0n) is 16.7. The van der Waals surface area contributed by atoms with Crippen LogP contribution in [0.1, 0.15) is 32.0 Å². The SMILES string of the molecule is CC(C)(C)c1cc2c(OCc3ccccc3)cccc2n1-c1ccc(F)c(F)c1. The predicted octanol–water partition coefficient (Wildman–Crippen LogP) is 6.79. The van der Waals surface area contributed by atoms with Crippen molar-refractivity contribution in [2.45, 2.75) is 32.8 Å². The maximum Gasteiger partial charge on any atom is 0.160 e. The summed E-state index contributed by atoms with van der Waals surface area (Å²) in [6.45, 7) is 6.76. The van der Waals surface area contributed by atoms with Crippen molar-refractivity contribution in [1.82, 2.24) is 4.57 Å². The van der Waals surface area contributed by atoms with E-state index in [4.69, 9.17) is 4.74 Å². The number of rotatable bonds is 4. The zero-order chi connectivity index (χ0) is 20.6. The quantitative estimate of drug-likeness (QED) is 0.374. The summed E-state index contributed by atoms with van der Waals surface area (Å²) in [7, 11) is 0. The van der Waals surface area contributed by atoms with Crippen molar-refractivity contribution >= 4 is 10.9 Å². The van der Waals surface area contributed by atoms with Gasteiger partial charge in [-0.1, -0.05) is 57.2 Å². The molecule has 0 spiro atoms. The van der Waals surface area contributed by atoms with Gasteiger partial charge < -0.3 is 9.30 Å². The summed E-state index contributed by atoms with van der Waals surface area (Å²) in [6.07, 6.45) is 0. The van der Waals surface area contributed by atoms with Crippen molar-refractivity contribution in [2.24, 2.45) is 0 Å². The van der Waals surface area contributed by atoms with Crippen LogP contribution in [0.25, 0.3) is 16.6 Å². The Hall–Kier alpha value is -3.14. The maximum absolute atomic E-state index is 14.0. The summed E-state index contributed by atoms with van der Waals surface area (Å²) < 4.78 is 35.6. The number of benzene rings is 3. The van der Waals surface area contributed by atoms with E-state index in [1.807, 2.05) is 53.1 Å². The fraction of sp³-hybridized carbons (Fsp3) is 0.200. The molecule has 4 rings (SSSR count). The zero-order valence-corrected chi connectivity index (χ0v) is 16.7. The second kappa shape index (κ2) is 7.36. The molecule has 1 aromatic heterocycles. The van der Waals surface area contributed by atoms with Crippen molar-refractivity contribution < 1.29 is 13.5 Å². The largest absolute Gasteiger partial charge is 0.488 e. The Labute approximate surface area is 169 Å². The molecule has 0 aliphatic carbocycles. The highest BCUT2D eigenvalue weighted by molar-refractivity contribution is 5.89. The molecule has 0 saturated heterocycles. The summed E-state index contributed by atoms with van der Waals surface area (Å²) in [6, 6.07) is 21.9. The van der Waals surface area contributed by atoms with Gasteiger partial charge in [-0.15, -0.1) is 0 Å². The first kappa shape index (κ1) is 19.2. The van der Waals surface area contributed by atoms with Gasteiger partial charge in [-0.05, 0) is 35.9 Å². The van der Waals surface area contributed by atoms with Gasteiger partial charge in [0.25, 0.3) is 0 Å². The van der Waals surface area contributed by atoms with Gasteiger partial charge in [-0.25, -0.2) is 8.78 Å². The van der Waals surface area contributed by atoms with E-state index < -0.39 is 11.6 Å². The van der Waals surface area contributed by atoms with Gasteiger partial charge >= 0.3 is 0 Å². The molecule has 3 aromatic carbocycles. The lowest BCUT2D eigenvalue weighted by Gasteiger charge is -2.22. The van der Waals surface area contributed by atoms with E-state index >= 15 is 0 Å². The molecule has 4 aromatic rings. The highest BCUT2D eigenvalue weighted by atomic mass is 19.2. The van der Waals surface area contributed by atoms with E-state index in [2.05, 4.69) is 26.8 Å². The highest BCUT2D eigenvalue weighted by Gasteiger charge is 2.23. The minimum Gasteiger partial charge on any atom is -0.488 e. The van der Waals surface area contributed by atoms with Gasteiger partial charge in [-0.2, -0.15) is 0 Å². The van der Waals surface area contributed by atoms with Crippen molar-refractivity contribution in [3.05, 3.63) is 95.7 Å². The third-order valence-electron chi connectivity index (χ3n) is 4.97. The molecule has 0 unspecified atom stereocenters. The van der Waals surface area contributed by atoms with Crippen LogP contribution in [0.3, 0.4) is 0 Å². The molecule has 2 nitrogen and oxygen atoms in total. The van der Waals surface area contributed by atoms with Gasteiger partial charge in [0.15, 0.2) is 11.6 Å². The lowest BCUT2D eigenvalue weighted by atomic mass is 9.92. The number of halogens is 2. The Balaban J connectivity index is 1.85. The lowest BCUT2D eigenvalue weighted by molar-refractivity contribution is 0.310. The van der Waals surface area contributed by atoms with Gasteiger partial charge in [0, 0.05) is 28.2 Å². The standard InChI is InChI=1S/C25H23F2NO/c1-25(2,3)24-15-19-22(28(24)18-12-13-20(26)21(27)14-18)10-7-11-23(19)29-16-17-8-5-4-6-9-17/h4-15H,16H2,1-3H3. The molecule has 0 aliphatic heterocycles. The van der Waals surface area contributed by atoms with Crippen LogP contribution in [0.2, 0.25) is 0 Å². The first-order valence-electron chi connectivity index (χ1n) is 9.62. The smallest absolute Gasteiger partial charge is 0.160 e. The van der Waals surface area contributed by atoms with Gasteiger partial charge in [-0.3, -0.25) is 0 Å². The summed E-state index contributed by atoms with van der Waals surface area (Å²) in [4.78, 5) is 0. The molecular weight excluding hydrogens is 368 g/mol. The number of aromatic nitrogens is 1. The van der Waals surface area contributed by atoms with Crippen LogP contribution < -0.4 is 4.74 Å². The molecule has 0 fully saturated rings. The van der Waals surface area contributed by atoms with Crippen molar-refractivity contribution in [3.63, 3.8) is 0 Å². The molecule has 0 aliphatic rings. The van der Waals surface area contributed by atoms with Crippen LogP contribution in [0.4, 0.5) is 8.78 Å². The number of hydrogen-bond acceptors (Lipinski definition) is 1. The van der Waals surface area contributed by atoms with Crippen LogP contribution in [0.5, 0.6) is 5.75 Å². The molecule has 0 saturated carbocycles. The highest BCUT2D eigenvalue weighted by Crippen LogP contribution is 2.37. The third-order valence-corrected chi connectivity index (χ3v) is 4.97. The Bertz CT molecular complexity index is 1160. The molecule has 0 radical (unpaired) electrons. The average Bonchev–Trinajstić information content (AvgIpc) is 3.10. The van der Waals surface area contributed by atoms with Crippen LogP contribution in [-0.2, 0) is 12.0 Å². The predicted molar refractivity (Wildman–Crippen MR) is 113 cm³/mol. The number of ether oxygens (including phenoxy) is 1. The minimum absolute atomic E-state index is 0.208. The van der Waals surface area contributed by atoms with E-state index in [-0.39, 0.29) is 5.41 Å². The Morgan fingerprint density at radius 2 is 1.59 bits per heavy atom. The summed E-state index contributed by atoms with van der Waals surface area (Å²) in [5.41, 5.74) is 3.35. The number of hydrogen-bond donors (Lipinski definition) is 0. The Morgan fingerprint density at radius 3 is 2.28 bits per heavy atom. The van der Waals surface area contributed by atoms with Crippen LogP contribution >= 0.6 is 0 Å². The van der Waals surface area contributed by atoms with E-state index in [1.54, 1.807) is 6.07 Å². The molecule has 29 heavy (non-hydrogen) atoms. The van der Waals surface area contributed by atoms with Crippen LogP contribution in [0.15, 0.2) is 72.8 Å². The van der Waals surface area contributed by atoms with E-state index in [0.29, 0.717) is 12.3 Å². The molecule has 148 valence electrons. The fourth-order valence-corrected chi connectivity index (χ4v) is 3.52. The van der Waals surface area contributed by atoms with Gasteiger partial charge in [0.05, 0.1) is 5.52 Å². The fourth-order valence-electron chi connectivity index (χ4n) is 3.52. The molecular formula is C25H23F2NO. The summed E-state index contributed by atoms with van der Waals surface area (Å²) in [5.74, 6) is -0.951. The molecule has 0 amide bonds. The topological polar surface area (TPSA) is 14.2 Å². The normalized spacial score (nSPS) is 11.8. The van der Waals surface area contributed by atoms with Crippen molar-refractivity contribution in [1.29, 1.82) is 0 Å². The lowest BCUT2D eigenvalue weighted by Crippen LogP contribution is -2.16. The summed E-state index contributed by atoms with van der Waals surface area (Å²) >= 11 is 0. The summed E-state index contributed by atoms with van der Waals surface area (Å²) in [5, 5.41) is 0.943. The molecule has 0 bridgehead atoms. The van der Waals surface area contributed by atoms with E-state index in [0.717, 1.165) is 27.9 Å². The van der Waals surface area contributed by atoms with E-state index in [1.165, 1.54) is 12.1 Å². The third kappa shape index (κ3) is 3.75. The molecule has 0 atom stereocenters. The Kier molecular flexibility index (Phi) is 4.87. The van der Waals surface area contributed by atoms with Crippen molar-refractivity contribution in [2.75, 3.05) is 0 Å². The molecule has 4 heteroatoms. The van der Waals surface area contributed by atoms with Crippen LogP contribution in [0, 0.1) is 11.6 Å². The molecule has 1 heterocycles. The maximum atomic E-state index is 14.0. The Morgan fingerprint density at radius 1 is 0.828 bits per heavy atom. The van der Waals surface area contributed by atoms with E-state index in [9.17, 15) is 8.78 Å². The first-order valence-corrected chi connectivity index (χ1v) is 9.62. The molecule has 0 N–H and O–H groups in total. The number of nitrogens with zero attached hydrogens (tertiary/aromatic N) is 1. The second-order valence-corrected chi connectivity index (χ2v) is 8.18.